The third kappa shape index (κ3) is 3.91. The third-order valence-electron chi connectivity index (χ3n) is 2.04. The number of hydrogen-bond acceptors (Lipinski definition) is 3. The van der Waals surface area contributed by atoms with E-state index in [0.717, 1.165) is 18.5 Å². The van der Waals surface area contributed by atoms with Crippen molar-refractivity contribution in [2.45, 2.75) is 31.5 Å². The fraction of sp³-hybridized carbons (Fsp3) is 0.600. The molecule has 0 saturated heterocycles. The Morgan fingerprint density at radius 1 is 1.73 bits per heavy atom. The van der Waals surface area contributed by atoms with Gasteiger partial charge in [-0.2, -0.15) is 0 Å². The van der Waals surface area contributed by atoms with Crippen molar-refractivity contribution in [1.29, 1.82) is 0 Å². The topological polar surface area (TPSA) is 42.0 Å². The number of amides is 1. The van der Waals surface area contributed by atoms with E-state index >= 15 is 0 Å². The van der Waals surface area contributed by atoms with Gasteiger partial charge in [0, 0.05) is 11.4 Å². The lowest BCUT2D eigenvalue weighted by Gasteiger charge is -2.09. The zero-order valence-corrected chi connectivity index (χ0v) is 11.3. The Morgan fingerprint density at radius 2 is 2.47 bits per heavy atom. The summed E-state index contributed by atoms with van der Waals surface area (Å²) >= 11 is 4.91. The number of carbonyl (C=O) groups excluding carboxylic acids is 1. The standard InChI is InChI=1S/C10H15BrN2OS/c1-3-4-8(11)5-12-10(14)9-7(2)13-6-15-9/h6,8H,3-5H2,1-2H3,(H,12,14). The van der Waals surface area contributed by atoms with Gasteiger partial charge in [0.2, 0.25) is 0 Å². The second-order valence-corrected chi connectivity index (χ2v) is 5.51. The number of halogens is 1. The predicted molar refractivity (Wildman–Crippen MR) is 66.8 cm³/mol. The number of rotatable bonds is 5. The highest BCUT2D eigenvalue weighted by atomic mass is 79.9. The van der Waals surface area contributed by atoms with Crippen LogP contribution in [0.15, 0.2) is 5.51 Å². The van der Waals surface area contributed by atoms with Crippen LogP contribution in [0.25, 0.3) is 0 Å². The summed E-state index contributed by atoms with van der Waals surface area (Å²) in [6, 6.07) is 0. The van der Waals surface area contributed by atoms with Crippen LogP contribution >= 0.6 is 27.3 Å². The van der Waals surface area contributed by atoms with Gasteiger partial charge in [-0.3, -0.25) is 4.79 Å². The van der Waals surface area contributed by atoms with Gasteiger partial charge < -0.3 is 5.32 Å². The Kier molecular flexibility index (Phi) is 5.25. The Hall–Kier alpha value is -0.420. The van der Waals surface area contributed by atoms with Crippen molar-refractivity contribution in [3.05, 3.63) is 16.1 Å². The Balaban J connectivity index is 2.40. The Bertz CT molecular complexity index is 327. The van der Waals surface area contributed by atoms with Crippen molar-refractivity contribution in [3.8, 4) is 0 Å². The van der Waals surface area contributed by atoms with Crippen molar-refractivity contribution in [2.75, 3.05) is 6.54 Å². The minimum atomic E-state index is -0.0180. The lowest BCUT2D eigenvalue weighted by molar-refractivity contribution is 0.0957. The van der Waals surface area contributed by atoms with Gasteiger partial charge in [-0.25, -0.2) is 4.98 Å². The van der Waals surface area contributed by atoms with E-state index in [0.29, 0.717) is 16.2 Å². The van der Waals surface area contributed by atoms with Crippen molar-refractivity contribution in [3.63, 3.8) is 0 Å². The molecule has 1 N–H and O–H groups in total. The van der Waals surface area contributed by atoms with Crippen molar-refractivity contribution in [1.82, 2.24) is 10.3 Å². The van der Waals surface area contributed by atoms with E-state index in [9.17, 15) is 4.79 Å². The minimum absolute atomic E-state index is 0.0180. The number of thiazole rings is 1. The number of carbonyl (C=O) groups is 1. The van der Waals surface area contributed by atoms with Crippen LogP contribution < -0.4 is 5.32 Å². The fourth-order valence-corrected chi connectivity index (χ4v) is 2.56. The average Bonchev–Trinajstić information content (AvgIpc) is 2.61. The molecule has 3 nitrogen and oxygen atoms in total. The maximum atomic E-state index is 11.7. The van der Waals surface area contributed by atoms with Gasteiger partial charge >= 0.3 is 0 Å². The maximum absolute atomic E-state index is 11.7. The van der Waals surface area contributed by atoms with Gasteiger partial charge in [0.15, 0.2) is 0 Å². The van der Waals surface area contributed by atoms with Gasteiger partial charge in [-0.1, -0.05) is 29.3 Å². The summed E-state index contributed by atoms with van der Waals surface area (Å²) in [6.45, 7) is 4.65. The lowest BCUT2D eigenvalue weighted by atomic mass is 10.2. The highest BCUT2D eigenvalue weighted by molar-refractivity contribution is 9.09. The third-order valence-corrected chi connectivity index (χ3v) is 3.75. The van der Waals surface area contributed by atoms with E-state index in [2.05, 4.69) is 33.2 Å². The van der Waals surface area contributed by atoms with Crippen LogP contribution in [0.2, 0.25) is 0 Å². The highest BCUT2D eigenvalue weighted by Crippen LogP contribution is 2.12. The quantitative estimate of drug-likeness (QED) is 0.848. The van der Waals surface area contributed by atoms with Crippen LogP contribution in [-0.2, 0) is 0 Å². The van der Waals surface area contributed by atoms with Gasteiger partial charge in [0.25, 0.3) is 5.91 Å². The van der Waals surface area contributed by atoms with Crippen LogP contribution in [0.4, 0.5) is 0 Å². The van der Waals surface area contributed by atoms with E-state index in [-0.39, 0.29) is 5.91 Å². The molecule has 1 amide bonds. The molecule has 1 aromatic heterocycles. The number of aromatic nitrogens is 1. The first-order valence-electron chi connectivity index (χ1n) is 4.97. The molecule has 5 heteroatoms. The minimum Gasteiger partial charge on any atom is -0.350 e. The number of hydrogen-bond donors (Lipinski definition) is 1. The van der Waals surface area contributed by atoms with E-state index in [4.69, 9.17) is 0 Å². The lowest BCUT2D eigenvalue weighted by Crippen LogP contribution is -2.29. The highest BCUT2D eigenvalue weighted by Gasteiger charge is 2.12. The van der Waals surface area contributed by atoms with E-state index in [1.165, 1.54) is 11.3 Å². The molecule has 1 aromatic rings. The first-order chi connectivity index (χ1) is 7.15. The van der Waals surface area contributed by atoms with Gasteiger partial charge in [-0.05, 0) is 13.3 Å². The first kappa shape index (κ1) is 12.6. The van der Waals surface area contributed by atoms with Gasteiger partial charge in [0.05, 0.1) is 11.2 Å². The number of aryl methyl sites for hydroxylation is 1. The summed E-state index contributed by atoms with van der Waals surface area (Å²) in [4.78, 5) is 16.8. The second kappa shape index (κ2) is 6.23. The SMILES string of the molecule is CCCC(Br)CNC(=O)c1scnc1C. The summed E-state index contributed by atoms with van der Waals surface area (Å²) in [5, 5.41) is 2.90. The van der Waals surface area contributed by atoms with Gasteiger partial charge in [-0.15, -0.1) is 11.3 Å². The molecular formula is C10H15BrN2OS. The second-order valence-electron chi connectivity index (χ2n) is 3.36. The summed E-state index contributed by atoms with van der Waals surface area (Å²) in [5.41, 5.74) is 2.50. The van der Waals surface area contributed by atoms with E-state index in [1.807, 2.05) is 6.92 Å². The molecule has 0 aliphatic carbocycles. The van der Waals surface area contributed by atoms with E-state index < -0.39 is 0 Å². The van der Waals surface area contributed by atoms with Crippen LogP contribution in [-0.4, -0.2) is 22.3 Å². The van der Waals surface area contributed by atoms with E-state index in [1.54, 1.807) is 5.51 Å². The molecule has 1 rings (SSSR count). The molecule has 1 unspecified atom stereocenters. The largest absolute Gasteiger partial charge is 0.350 e. The number of alkyl halides is 1. The molecule has 0 fully saturated rings. The van der Waals surface area contributed by atoms with Crippen LogP contribution in [0.5, 0.6) is 0 Å². The van der Waals surface area contributed by atoms with Crippen LogP contribution in [0, 0.1) is 6.92 Å². The Labute approximate surface area is 102 Å². The van der Waals surface area contributed by atoms with Crippen LogP contribution in [0.3, 0.4) is 0 Å². The molecule has 0 aromatic carbocycles. The zero-order chi connectivity index (χ0) is 11.3. The van der Waals surface area contributed by atoms with Crippen LogP contribution in [0.1, 0.15) is 35.1 Å². The summed E-state index contributed by atoms with van der Waals surface area (Å²) in [7, 11) is 0. The molecule has 84 valence electrons. The maximum Gasteiger partial charge on any atom is 0.263 e. The molecule has 0 radical (unpaired) electrons. The number of nitrogens with one attached hydrogen (secondary N) is 1. The molecular weight excluding hydrogens is 276 g/mol. The Morgan fingerprint density at radius 3 is 3.00 bits per heavy atom. The van der Waals surface area contributed by atoms with Crippen molar-refractivity contribution >= 4 is 33.2 Å². The molecule has 0 bridgehead atoms. The van der Waals surface area contributed by atoms with Crippen molar-refractivity contribution in [2.24, 2.45) is 0 Å². The molecule has 0 aliphatic heterocycles. The monoisotopic (exact) mass is 290 g/mol. The predicted octanol–water partition coefficient (Wildman–Crippen LogP) is 2.74. The molecule has 0 aliphatic rings. The molecule has 1 heterocycles. The smallest absolute Gasteiger partial charge is 0.263 e. The molecule has 0 saturated carbocycles. The van der Waals surface area contributed by atoms with Crippen molar-refractivity contribution < 1.29 is 4.79 Å². The normalized spacial score (nSPS) is 12.5. The first-order valence-corrected chi connectivity index (χ1v) is 6.77. The number of nitrogens with zero attached hydrogens (tertiary/aromatic N) is 1. The fourth-order valence-electron chi connectivity index (χ4n) is 1.22. The molecule has 1 atom stereocenters. The average molecular weight is 291 g/mol. The van der Waals surface area contributed by atoms with Gasteiger partial charge in [0.1, 0.15) is 4.88 Å². The molecule has 0 spiro atoms. The summed E-state index contributed by atoms with van der Waals surface area (Å²) < 4.78 is 0. The summed E-state index contributed by atoms with van der Waals surface area (Å²) in [6.07, 6.45) is 2.19. The zero-order valence-electron chi connectivity index (χ0n) is 8.92. The summed E-state index contributed by atoms with van der Waals surface area (Å²) in [5.74, 6) is -0.0180. The molecule has 15 heavy (non-hydrogen) atoms.